The van der Waals surface area contributed by atoms with E-state index in [0.29, 0.717) is 18.7 Å². The van der Waals surface area contributed by atoms with Gasteiger partial charge in [-0.25, -0.2) is 0 Å². The van der Waals surface area contributed by atoms with E-state index in [1.165, 1.54) is 0 Å². The number of halogens is 1. The quantitative estimate of drug-likeness (QED) is 0.827. The Kier molecular flexibility index (Phi) is 5.32. The lowest BCUT2D eigenvalue weighted by Gasteiger charge is -2.26. The highest BCUT2D eigenvalue weighted by atomic mass is 79.9. The Bertz CT molecular complexity index is 479. The van der Waals surface area contributed by atoms with E-state index in [4.69, 9.17) is 0 Å². The zero-order valence-corrected chi connectivity index (χ0v) is 13.5. The summed E-state index contributed by atoms with van der Waals surface area (Å²) >= 11 is 3.42. The van der Waals surface area contributed by atoms with E-state index >= 15 is 0 Å². The van der Waals surface area contributed by atoms with Crippen LogP contribution in [0, 0.1) is 0 Å². The summed E-state index contributed by atoms with van der Waals surface area (Å²) in [6.45, 7) is 1.80. The number of rotatable bonds is 5. The van der Waals surface area contributed by atoms with Gasteiger partial charge in [0.15, 0.2) is 5.78 Å². The molecule has 1 aromatic rings. The molecule has 4 nitrogen and oxygen atoms in total. The summed E-state index contributed by atoms with van der Waals surface area (Å²) in [5.74, 6) is 0.0929. The van der Waals surface area contributed by atoms with E-state index < -0.39 is 0 Å². The highest BCUT2D eigenvalue weighted by Crippen LogP contribution is 2.21. The molecule has 0 radical (unpaired) electrons. The van der Waals surface area contributed by atoms with E-state index in [-0.39, 0.29) is 17.9 Å². The predicted octanol–water partition coefficient (Wildman–Crippen LogP) is 1.63. The average molecular weight is 341 g/mol. The van der Waals surface area contributed by atoms with Crippen LogP contribution in [0.15, 0.2) is 28.7 Å². The molecule has 1 heterocycles. The van der Waals surface area contributed by atoms with Crippen molar-refractivity contribution in [2.75, 3.05) is 33.7 Å². The van der Waals surface area contributed by atoms with Crippen molar-refractivity contribution in [1.29, 1.82) is 0 Å². The monoisotopic (exact) mass is 340 g/mol. The molecule has 1 saturated heterocycles. The van der Waals surface area contributed by atoms with Crippen molar-refractivity contribution in [2.24, 2.45) is 0 Å². The van der Waals surface area contributed by atoms with Crippen molar-refractivity contribution in [1.82, 2.24) is 9.80 Å². The lowest BCUT2D eigenvalue weighted by Crippen LogP contribution is -2.40. The fourth-order valence-electron chi connectivity index (χ4n) is 2.72. The van der Waals surface area contributed by atoms with Crippen LogP contribution in [0.4, 0.5) is 0 Å². The van der Waals surface area contributed by atoms with Crippen LogP contribution in [0.3, 0.4) is 0 Å². The molecule has 0 aliphatic carbocycles. The second-order valence-corrected chi connectivity index (χ2v) is 6.49. The highest BCUT2D eigenvalue weighted by Gasteiger charge is 2.32. The fourth-order valence-corrected chi connectivity index (χ4v) is 3.23. The molecule has 110 valence electrons. The second-order valence-electron chi connectivity index (χ2n) is 5.64. The van der Waals surface area contributed by atoms with Gasteiger partial charge in [0.2, 0.25) is 0 Å². The Morgan fingerprint density at radius 1 is 1.45 bits per heavy atom. The zero-order valence-electron chi connectivity index (χ0n) is 11.9. The molecule has 0 aromatic heterocycles. The van der Waals surface area contributed by atoms with Crippen LogP contribution in [-0.2, 0) is 0 Å². The van der Waals surface area contributed by atoms with Crippen LogP contribution in [0.2, 0.25) is 0 Å². The van der Waals surface area contributed by atoms with E-state index in [2.05, 4.69) is 25.7 Å². The third-order valence-corrected chi connectivity index (χ3v) is 4.29. The van der Waals surface area contributed by atoms with Gasteiger partial charge in [-0.15, -0.1) is 0 Å². The second kappa shape index (κ2) is 6.80. The number of hydrogen-bond donors (Lipinski definition) is 1. The normalized spacial score (nSPS) is 23.4. The number of carbonyl (C=O) groups excluding carboxylic acids is 1. The number of benzene rings is 1. The van der Waals surface area contributed by atoms with Gasteiger partial charge in [0.25, 0.3) is 0 Å². The van der Waals surface area contributed by atoms with Gasteiger partial charge in [-0.3, -0.25) is 9.69 Å². The topological polar surface area (TPSA) is 43.8 Å². The molecule has 0 bridgehead atoms. The number of aliphatic hydroxyl groups excluding tert-OH is 1. The number of hydrogen-bond acceptors (Lipinski definition) is 4. The van der Waals surface area contributed by atoms with Gasteiger partial charge < -0.3 is 10.0 Å². The molecule has 0 saturated carbocycles. The number of β-amino-alcohol motifs (C(OH)–C–C–N with tert-alkyl or cyclic N) is 1. The first kappa shape index (κ1) is 15.6. The summed E-state index contributed by atoms with van der Waals surface area (Å²) in [5, 5.41) is 9.84. The molecule has 1 aliphatic rings. The van der Waals surface area contributed by atoms with Crippen molar-refractivity contribution >= 4 is 21.7 Å². The van der Waals surface area contributed by atoms with Crippen molar-refractivity contribution < 1.29 is 9.90 Å². The standard InChI is InChI=1S/C15H21BrN2O2/c1-17(2)8-11-7-12(19)9-18(11)10-15(20)13-5-3-4-6-14(13)16/h3-6,11-12,19H,7-10H2,1-2H3. The molecular formula is C15H21BrN2O2. The average Bonchev–Trinajstić information content (AvgIpc) is 2.68. The SMILES string of the molecule is CN(C)CC1CC(O)CN1CC(=O)c1ccccc1Br. The summed E-state index contributed by atoms with van der Waals surface area (Å²) < 4.78 is 0.828. The summed E-state index contributed by atoms with van der Waals surface area (Å²) in [6, 6.07) is 7.72. The van der Waals surface area contributed by atoms with Crippen LogP contribution >= 0.6 is 15.9 Å². The number of aliphatic hydroxyl groups is 1. The smallest absolute Gasteiger partial charge is 0.177 e. The van der Waals surface area contributed by atoms with Crippen LogP contribution in [-0.4, -0.2) is 66.6 Å². The molecule has 1 aliphatic heterocycles. The first-order chi connectivity index (χ1) is 9.47. The molecule has 2 rings (SSSR count). The molecule has 2 unspecified atom stereocenters. The van der Waals surface area contributed by atoms with Crippen molar-refractivity contribution in [2.45, 2.75) is 18.6 Å². The third kappa shape index (κ3) is 3.88. The van der Waals surface area contributed by atoms with E-state index in [1.807, 2.05) is 38.4 Å². The molecule has 1 fully saturated rings. The van der Waals surface area contributed by atoms with E-state index in [9.17, 15) is 9.90 Å². The Hall–Kier alpha value is -0.750. The highest BCUT2D eigenvalue weighted by molar-refractivity contribution is 9.10. The largest absolute Gasteiger partial charge is 0.392 e. The number of likely N-dealkylation sites (tertiary alicyclic amines) is 1. The zero-order chi connectivity index (χ0) is 14.7. The van der Waals surface area contributed by atoms with Gasteiger partial charge in [0.1, 0.15) is 0 Å². The molecular weight excluding hydrogens is 320 g/mol. The van der Waals surface area contributed by atoms with Crippen LogP contribution in [0.25, 0.3) is 0 Å². The molecule has 1 N–H and O–H groups in total. The van der Waals surface area contributed by atoms with Gasteiger partial charge in [-0.2, -0.15) is 0 Å². The molecule has 0 amide bonds. The van der Waals surface area contributed by atoms with Crippen LogP contribution < -0.4 is 0 Å². The number of ketones is 1. The predicted molar refractivity (Wildman–Crippen MR) is 83.0 cm³/mol. The minimum atomic E-state index is -0.327. The molecule has 1 aromatic carbocycles. The third-order valence-electron chi connectivity index (χ3n) is 3.60. The first-order valence-corrected chi connectivity index (χ1v) is 7.61. The number of nitrogens with zero attached hydrogens (tertiary/aromatic N) is 2. The Morgan fingerprint density at radius 2 is 2.15 bits per heavy atom. The lowest BCUT2D eigenvalue weighted by atomic mass is 10.1. The number of Topliss-reactive ketones (excluding diaryl/α,β-unsaturated/α-hetero) is 1. The Labute approximate surface area is 128 Å². The lowest BCUT2D eigenvalue weighted by molar-refractivity contribution is 0.0901. The first-order valence-electron chi connectivity index (χ1n) is 6.82. The van der Waals surface area contributed by atoms with Crippen molar-refractivity contribution in [3.63, 3.8) is 0 Å². The van der Waals surface area contributed by atoms with Gasteiger partial charge in [-0.05, 0) is 26.6 Å². The van der Waals surface area contributed by atoms with Gasteiger partial charge >= 0.3 is 0 Å². The Morgan fingerprint density at radius 3 is 2.80 bits per heavy atom. The summed E-state index contributed by atoms with van der Waals surface area (Å²) in [6.07, 6.45) is 0.411. The fraction of sp³-hybridized carbons (Fsp3) is 0.533. The molecule has 0 spiro atoms. The van der Waals surface area contributed by atoms with Gasteiger partial charge in [0.05, 0.1) is 12.6 Å². The maximum Gasteiger partial charge on any atom is 0.177 e. The van der Waals surface area contributed by atoms with Crippen LogP contribution in [0.1, 0.15) is 16.8 Å². The van der Waals surface area contributed by atoms with Gasteiger partial charge in [-0.1, -0.05) is 34.1 Å². The molecule has 20 heavy (non-hydrogen) atoms. The van der Waals surface area contributed by atoms with Gasteiger partial charge in [0, 0.05) is 29.2 Å². The van der Waals surface area contributed by atoms with E-state index in [1.54, 1.807) is 0 Å². The van der Waals surface area contributed by atoms with Crippen LogP contribution in [0.5, 0.6) is 0 Å². The maximum absolute atomic E-state index is 12.4. The van der Waals surface area contributed by atoms with E-state index in [0.717, 1.165) is 17.4 Å². The maximum atomic E-state index is 12.4. The minimum absolute atomic E-state index is 0.0929. The Balaban J connectivity index is 2.04. The summed E-state index contributed by atoms with van der Waals surface area (Å²) in [7, 11) is 4.02. The minimum Gasteiger partial charge on any atom is -0.392 e. The van der Waals surface area contributed by atoms with Crippen molar-refractivity contribution in [3.05, 3.63) is 34.3 Å². The molecule has 2 atom stereocenters. The number of carbonyl (C=O) groups is 1. The molecule has 5 heteroatoms. The number of likely N-dealkylation sites (N-methyl/N-ethyl adjacent to an activating group) is 1. The summed E-state index contributed by atoms with van der Waals surface area (Å²) in [4.78, 5) is 16.6. The summed E-state index contributed by atoms with van der Waals surface area (Å²) in [5.41, 5.74) is 0.706. The van der Waals surface area contributed by atoms with Crippen molar-refractivity contribution in [3.8, 4) is 0 Å².